The molecule has 7 heteroatoms. The first kappa shape index (κ1) is 17.6. The van der Waals surface area contributed by atoms with Crippen LogP contribution in [0, 0.1) is 0 Å². The van der Waals surface area contributed by atoms with Crippen molar-refractivity contribution >= 4 is 28.4 Å². The van der Waals surface area contributed by atoms with Crippen molar-refractivity contribution in [1.82, 2.24) is 24.8 Å². The lowest BCUT2D eigenvalue weighted by Gasteiger charge is -2.36. The lowest BCUT2D eigenvalue weighted by atomic mass is 10.0. The summed E-state index contributed by atoms with van der Waals surface area (Å²) < 4.78 is 1.98. The first-order chi connectivity index (χ1) is 13.6. The SMILES string of the molecule is Cn1ccnc1C1CNCCN1C(=O)c1cc(C2CC2)nc2ccc(Cl)cc12. The molecule has 1 aliphatic carbocycles. The van der Waals surface area contributed by atoms with Gasteiger partial charge in [-0.1, -0.05) is 11.6 Å². The number of nitrogens with zero attached hydrogens (tertiary/aromatic N) is 4. The number of hydrogen-bond donors (Lipinski definition) is 1. The van der Waals surface area contributed by atoms with Crippen molar-refractivity contribution in [3.8, 4) is 0 Å². The molecule has 1 saturated heterocycles. The molecule has 1 atom stereocenters. The summed E-state index contributed by atoms with van der Waals surface area (Å²) in [6.07, 6.45) is 5.98. The van der Waals surface area contributed by atoms with E-state index in [4.69, 9.17) is 16.6 Å². The maximum absolute atomic E-state index is 13.7. The standard InChI is InChI=1S/C21H22ClN5O/c1-26-8-7-24-20(26)19-12-23-6-9-27(19)21(28)16-11-18(13-2-3-13)25-17-5-4-14(22)10-15(16)17/h4-5,7-8,10-11,13,19,23H,2-3,6,9,12H2,1H3. The molecule has 1 N–H and O–H groups in total. The van der Waals surface area contributed by atoms with Crippen molar-refractivity contribution in [2.24, 2.45) is 7.05 Å². The van der Waals surface area contributed by atoms with E-state index in [0.717, 1.165) is 41.8 Å². The van der Waals surface area contributed by atoms with Gasteiger partial charge in [-0.25, -0.2) is 4.98 Å². The number of aromatic nitrogens is 3. The largest absolute Gasteiger partial charge is 0.336 e. The molecule has 2 aliphatic rings. The number of carbonyl (C=O) groups is 1. The first-order valence-corrected chi connectivity index (χ1v) is 10.1. The first-order valence-electron chi connectivity index (χ1n) is 9.71. The van der Waals surface area contributed by atoms with E-state index in [2.05, 4.69) is 10.3 Å². The van der Waals surface area contributed by atoms with Gasteiger partial charge in [0.2, 0.25) is 0 Å². The van der Waals surface area contributed by atoms with Gasteiger partial charge >= 0.3 is 0 Å². The van der Waals surface area contributed by atoms with Crippen LogP contribution in [-0.4, -0.2) is 45.0 Å². The van der Waals surface area contributed by atoms with E-state index >= 15 is 0 Å². The van der Waals surface area contributed by atoms with E-state index in [1.165, 1.54) is 0 Å². The molecular formula is C21H22ClN5O. The summed E-state index contributed by atoms with van der Waals surface area (Å²) in [4.78, 5) is 24.9. The van der Waals surface area contributed by atoms with Crippen molar-refractivity contribution in [2.75, 3.05) is 19.6 Å². The van der Waals surface area contributed by atoms with Crippen LogP contribution in [0.2, 0.25) is 5.02 Å². The minimum atomic E-state index is -0.104. The van der Waals surface area contributed by atoms with Gasteiger partial charge in [-0.15, -0.1) is 0 Å². The summed E-state index contributed by atoms with van der Waals surface area (Å²) in [6.45, 7) is 2.10. The van der Waals surface area contributed by atoms with Crippen LogP contribution in [0.25, 0.3) is 10.9 Å². The zero-order chi connectivity index (χ0) is 19.3. The average molecular weight is 396 g/mol. The molecule has 5 rings (SSSR count). The van der Waals surface area contributed by atoms with Gasteiger partial charge in [-0.05, 0) is 37.1 Å². The summed E-state index contributed by atoms with van der Waals surface area (Å²) in [6, 6.07) is 7.48. The number of halogens is 1. The smallest absolute Gasteiger partial charge is 0.255 e. The molecule has 2 fully saturated rings. The number of fused-ring (bicyclic) bond motifs is 1. The third kappa shape index (κ3) is 3.06. The summed E-state index contributed by atoms with van der Waals surface area (Å²) in [5, 5.41) is 4.82. The van der Waals surface area contributed by atoms with Crippen LogP contribution in [-0.2, 0) is 7.05 Å². The molecule has 1 aromatic carbocycles. The molecule has 0 spiro atoms. The Kier molecular flexibility index (Phi) is 4.33. The maximum atomic E-state index is 13.7. The highest BCUT2D eigenvalue weighted by Gasteiger charge is 2.33. The maximum Gasteiger partial charge on any atom is 0.255 e. The van der Waals surface area contributed by atoms with E-state index in [9.17, 15) is 4.79 Å². The third-order valence-electron chi connectivity index (χ3n) is 5.68. The van der Waals surface area contributed by atoms with E-state index in [-0.39, 0.29) is 11.9 Å². The number of imidazole rings is 1. The van der Waals surface area contributed by atoms with Crippen LogP contribution in [0.1, 0.15) is 46.7 Å². The summed E-state index contributed by atoms with van der Waals surface area (Å²) in [5.41, 5.74) is 2.54. The van der Waals surface area contributed by atoms with Crippen LogP contribution in [0.5, 0.6) is 0 Å². The van der Waals surface area contributed by atoms with Gasteiger partial charge in [0, 0.05) is 61.1 Å². The molecule has 28 heavy (non-hydrogen) atoms. The fourth-order valence-corrected chi connectivity index (χ4v) is 4.19. The number of benzene rings is 1. The van der Waals surface area contributed by atoms with Crippen molar-refractivity contribution in [2.45, 2.75) is 24.8 Å². The molecule has 3 heterocycles. The molecule has 6 nitrogen and oxygen atoms in total. The van der Waals surface area contributed by atoms with Crippen LogP contribution >= 0.6 is 11.6 Å². The number of nitrogens with one attached hydrogen (secondary N) is 1. The highest BCUT2D eigenvalue weighted by Crippen LogP contribution is 2.40. The Morgan fingerprint density at radius 3 is 2.89 bits per heavy atom. The summed E-state index contributed by atoms with van der Waals surface area (Å²) >= 11 is 6.25. The number of amides is 1. The second-order valence-corrected chi connectivity index (χ2v) is 8.08. The lowest BCUT2D eigenvalue weighted by molar-refractivity contribution is 0.0622. The number of aryl methyl sites for hydroxylation is 1. The number of pyridine rings is 1. The van der Waals surface area contributed by atoms with Gasteiger partial charge in [-0.2, -0.15) is 0 Å². The fraction of sp³-hybridized carbons (Fsp3) is 0.381. The normalized spacial score (nSPS) is 19.9. The Labute approximate surface area is 168 Å². The number of rotatable bonds is 3. The van der Waals surface area contributed by atoms with Crippen molar-refractivity contribution in [3.05, 3.63) is 58.8 Å². The van der Waals surface area contributed by atoms with Crippen LogP contribution < -0.4 is 5.32 Å². The van der Waals surface area contributed by atoms with E-state index in [1.54, 1.807) is 6.20 Å². The van der Waals surface area contributed by atoms with E-state index in [0.29, 0.717) is 29.6 Å². The minimum Gasteiger partial charge on any atom is -0.336 e. The Bertz CT molecular complexity index is 1060. The molecule has 1 amide bonds. The summed E-state index contributed by atoms with van der Waals surface area (Å²) in [5.74, 6) is 1.38. The van der Waals surface area contributed by atoms with Gasteiger partial charge < -0.3 is 14.8 Å². The zero-order valence-electron chi connectivity index (χ0n) is 15.7. The topological polar surface area (TPSA) is 63.1 Å². The van der Waals surface area contributed by atoms with Crippen molar-refractivity contribution in [3.63, 3.8) is 0 Å². The Morgan fingerprint density at radius 2 is 2.14 bits per heavy atom. The Morgan fingerprint density at radius 1 is 1.29 bits per heavy atom. The Balaban J connectivity index is 1.61. The fourth-order valence-electron chi connectivity index (χ4n) is 4.01. The molecular weight excluding hydrogens is 374 g/mol. The second kappa shape index (κ2) is 6.87. The monoisotopic (exact) mass is 395 g/mol. The average Bonchev–Trinajstić information content (AvgIpc) is 3.48. The molecule has 1 saturated carbocycles. The molecule has 3 aromatic rings. The number of hydrogen-bond acceptors (Lipinski definition) is 4. The minimum absolute atomic E-state index is 0.0195. The predicted molar refractivity (Wildman–Crippen MR) is 109 cm³/mol. The Hall–Kier alpha value is -2.44. The van der Waals surface area contributed by atoms with E-state index < -0.39 is 0 Å². The number of piperazine rings is 1. The van der Waals surface area contributed by atoms with Crippen molar-refractivity contribution < 1.29 is 4.79 Å². The van der Waals surface area contributed by atoms with Gasteiger partial charge in [0.1, 0.15) is 11.9 Å². The van der Waals surface area contributed by atoms with E-state index in [1.807, 2.05) is 47.0 Å². The lowest BCUT2D eigenvalue weighted by Crippen LogP contribution is -2.49. The van der Waals surface area contributed by atoms with Crippen LogP contribution in [0.3, 0.4) is 0 Å². The third-order valence-corrected chi connectivity index (χ3v) is 5.91. The second-order valence-electron chi connectivity index (χ2n) is 7.65. The van der Waals surface area contributed by atoms with Gasteiger partial charge in [0.05, 0.1) is 11.1 Å². The molecule has 2 aromatic heterocycles. The van der Waals surface area contributed by atoms with Crippen LogP contribution in [0.4, 0.5) is 0 Å². The van der Waals surface area contributed by atoms with Crippen LogP contribution in [0.15, 0.2) is 36.7 Å². The van der Waals surface area contributed by atoms with Crippen molar-refractivity contribution in [1.29, 1.82) is 0 Å². The summed E-state index contributed by atoms with van der Waals surface area (Å²) in [7, 11) is 1.96. The quantitative estimate of drug-likeness (QED) is 0.739. The van der Waals surface area contributed by atoms with Gasteiger partial charge in [-0.3, -0.25) is 9.78 Å². The molecule has 144 valence electrons. The molecule has 1 aliphatic heterocycles. The highest BCUT2D eigenvalue weighted by atomic mass is 35.5. The number of carbonyl (C=O) groups excluding carboxylic acids is 1. The van der Waals surface area contributed by atoms with Gasteiger partial charge in [0.15, 0.2) is 0 Å². The zero-order valence-corrected chi connectivity index (χ0v) is 16.5. The predicted octanol–water partition coefficient (Wildman–Crippen LogP) is 3.29. The molecule has 0 bridgehead atoms. The highest BCUT2D eigenvalue weighted by molar-refractivity contribution is 6.31. The molecule has 1 unspecified atom stereocenters. The van der Waals surface area contributed by atoms with Gasteiger partial charge in [0.25, 0.3) is 5.91 Å². The molecule has 0 radical (unpaired) electrons.